The average Bonchev–Trinajstić information content (AvgIpc) is 3.01. The Hall–Kier alpha value is -4.91. The second kappa shape index (κ2) is 17.3. The van der Waals surface area contributed by atoms with Crippen molar-refractivity contribution in [3.63, 3.8) is 0 Å². The molecule has 0 radical (unpaired) electrons. The molecule has 0 saturated heterocycles. The number of nitrogens with one attached hydrogen (secondary N) is 3. The summed E-state index contributed by atoms with van der Waals surface area (Å²) in [4.78, 5) is 42.0. The number of esters is 1. The van der Waals surface area contributed by atoms with Gasteiger partial charge in [0.25, 0.3) is 10.0 Å². The first-order valence-corrected chi connectivity index (χ1v) is 17.0. The molecule has 1 atom stereocenters. The van der Waals surface area contributed by atoms with E-state index in [-0.39, 0.29) is 49.2 Å². The number of aryl methyl sites for hydroxylation is 2. The van der Waals surface area contributed by atoms with Crippen LogP contribution in [-0.2, 0) is 48.7 Å². The predicted octanol–water partition coefficient (Wildman–Crippen LogP) is 4.17. The lowest BCUT2D eigenvalue weighted by atomic mass is 10.1. The number of benzene rings is 3. The molecule has 0 unspecified atom stereocenters. The third kappa shape index (κ3) is 13.4. The number of aliphatic imine (C=N–C) groups is 1. The summed E-state index contributed by atoms with van der Waals surface area (Å²) in [6.07, 6.45) is -0.198. The molecule has 0 aliphatic heterocycles. The topological polar surface area (TPSA) is 178 Å². The molecule has 13 heteroatoms. The maximum Gasteiger partial charge on any atom is 0.408 e. The summed E-state index contributed by atoms with van der Waals surface area (Å²) in [5.41, 5.74) is 9.60. The Morgan fingerprint density at radius 3 is 2.02 bits per heavy atom. The van der Waals surface area contributed by atoms with Gasteiger partial charge >= 0.3 is 12.1 Å². The number of ether oxygens (including phenoxy) is 2. The van der Waals surface area contributed by atoms with E-state index < -0.39 is 33.7 Å². The van der Waals surface area contributed by atoms with E-state index in [0.29, 0.717) is 12.1 Å². The minimum absolute atomic E-state index is 0.0460. The van der Waals surface area contributed by atoms with Crippen molar-refractivity contribution in [1.29, 1.82) is 0 Å². The van der Waals surface area contributed by atoms with Crippen LogP contribution < -0.4 is 21.1 Å². The average molecular weight is 680 g/mol. The molecule has 48 heavy (non-hydrogen) atoms. The highest BCUT2D eigenvalue weighted by molar-refractivity contribution is 7.90. The maximum atomic E-state index is 13.0. The van der Waals surface area contributed by atoms with Crippen molar-refractivity contribution in [1.82, 2.24) is 15.4 Å². The number of alkyl carbamates (subject to hydrolysis) is 1. The summed E-state index contributed by atoms with van der Waals surface area (Å²) in [5.74, 6) is -1.10. The Morgan fingerprint density at radius 1 is 0.854 bits per heavy atom. The molecule has 3 aromatic carbocycles. The third-order valence-electron chi connectivity index (χ3n) is 6.86. The zero-order chi connectivity index (χ0) is 35.3. The number of rotatable bonds is 14. The van der Waals surface area contributed by atoms with E-state index in [2.05, 4.69) is 20.3 Å². The molecular formula is C35H45N5O7S. The van der Waals surface area contributed by atoms with Crippen LogP contribution in [0.4, 0.5) is 4.79 Å². The fourth-order valence-electron chi connectivity index (χ4n) is 4.30. The van der Waals surface area contributed by atoms with E-state index in [4.69, 9.17) is 15.2 Å². The number of amides is 2. The number of carbonyl (C=O) groups excluding carboxylic acids is 3. The minimum Gasteiger partial charge on any atom is -0.459 e. The number of sulfonamides is 1. The van der Waals surface area contributed by atoms with Gasteiger partial charge in [0.2, 0.25) is 11.9 Å². The SMILES string of the molecule is Cc1ccc(CNC(=O)Cc2ccc(COC(=O)[C@H](CCCN=C(N)NS(=O)(=O)c3ccc(C)cc3)NC(=O)OC(C)(C)C)cc2)cc1. The predicted molar refractivity (Wildman–Crippen MR) is 183 cm³/mol. The second-order valence-corrected chi connectivity index (χ2v) is 14.1. The first-order valence-electron chi connectivity index (χ1n) is 15.6. The summed E-state index contributed by atoms with van der Waals surface area (Å²) >= 11 is 0. The Kier molecular flexibility index (Phi) is 13.5. The molecule has 0 aromatic heterocycles. The van der Waals surface area contributed by atoms with Crippen LogP contribution in [0.5, 0.6) is 0 Å². The summed E-state index contributed by atoms with van der Waals surface area (Å²) in [6, 6.07) is 20.3. The fourth-order valence-corrected chi connectivity index (χ4v) is 5.25. The zero-order valence-electron chi connectivity index (χ0n) is 28.0. The van der Waals surface area contributed by atoms with Gasteiger partial charge in [0.1, 0.15) is 18.2 Å². The number of guanidine groups is 1. The van der Waals surface area contributed by atoms with Crippen molar-refractivity contribution in [2.24, 2.45) is 10.7 Å². The van der Waals surface area contributed by atoms with Crippen molar-refractivity contribution >= 4 is 34.0 Å². The van der Waals surface area contributed by atoms with Crippen LogP contribution in [0.2, 0.25) is 0 Å². The monoisotopic (exact) mass is 679 g/mol. The van der Waals surface area contributed by atoms with Gasteiger partial charge in [-0.15, -0.1) is 0 Å². The van der Waals surface area contributed by atoms with Crippen molar-refractivity contribution in [3.8, 4) is 0 Å². The first kappa shape index (κ1) is 37.5. The van der Waals surface area contributed by atoms with Crippen molar-refractivity contribution in [3.05, 3.63) is 101 Å². The van der Waals surface area contributed by atoms with Crippen LogP contribution in [0.1, 0.15) is 61.4 Å². The quantitative estimate of drug-likeness (QED) is 0.0849. The van der Waals surface area contributed by atoms with Gasteiger partial charge in [-0.1, -0.05) is 71.8 Å². The minimum atomic E-state index is -3.91. The highest BCUT2D eigenvalue weighted by atomic mass is 32.2. The van der Waals surface area contributed by atoms with Crippen LogP contribution in [0.15, 0.2) is 82.7 Å². The molecule has 3 aromatic rings. The Morgan fingerprint density at radius 2 is 1.42 bits per heavy atom. The Labute approximate surface area is 282 Å². The highest BCUT2D eigenvalue weighted by Crippen LogP contribution is 2.12. The second-order valence-electron chi connectivity index (χ2n) is 12.4. The molecule has 0 fully saturated rings. The largest absolute Gasteiger partial charge is 0.459 e. The summed E-state index contributed by atoms with van der Waals surface area (Å²) in [7, 11) is -3.91. The first-order chi connectivity index (χ1) is 22.6. The summed E-state index contributed by atoms with van der Waals surface area (Å²) < 4.78 is 38.1. The van der Waals surface area contributed by atoms with Gasteiger partial charge in [-0.25, -0.2) is 22.7 Å². The molecule has 0 bridgehead atoms. The van der Waals surface area contributed by atoms with Crippen LogP contribution in [-0.4, -0.2) is 50.5 Å². The van der Waals surface area contributed by atoms with Gasteiger partial charge in [-0.05, 0) is 76.3 Å². The smallest absolute Gasteiger partial charge is 0.408 e. The van der Waals surface area contributed by atoms with Crippen molar-refractivity contribution < 1.29 is 32.3 Å². The van der Waals surface area contributed by atoms with E-state index in [1.165, 1.54) is 12.1 Å². The van der Waals surface area contributed by atoms with Crippen molar-refractivity contribution in [2.75, 3.05) is 6.54 Å². The lowest BCUT2D eigenvalue weighted by Gasteiger charge is -2.23. The normalized spacial score (nSPS) is 12.5. The van der Waals surface area contributed by atoms with Gasteiger partial charge in [0.15, 0.2) is 0 Å². The fraction of sp³-hybridized carbons (Fsp3) is 0.371. The molecule has 12 nitrogen and oxygen atoms in total. The lowest BCUT2D eigenvalue weighted by molar-refractivity contribution is -0.147. The molecule has 0 saturated carbocycles. The summed E-state index contributed by atoms with van der Waals surface area (Å²) in [6.45, 7) is 9.41. The molecule has 258 valence electrons. The van der Waals surface area contributed by atoms with Gasteiger partial charge in [-0.3, -0.25) is 9.79 Å². The van der Waals surface area contributed by atoms with E-state index in [1.54, 1.807) is 57.2 Å². The molecule has 0 heterocycles. The number of hydrogen-bond donors (Lipinski definition) is 4. The Balaban J connectivity index is 1.52. The molecule has 0 aliphatic carbocycles. The molecule has 2 amide bonds. The maximum absolute atomic E-state index is 13.0. The molecule has 5 N–H and O–H groups in total. The standard InChI is InChI=1S/C35H45N5O7S/c1-24-8-12-27(13-9-24)22-38-31(41)21-26-14-16-28(17-15-26)23-46-32(42)30(39-34(43)47-35(3,4)5)7-6-20-37-33(36)40-48(44,45)29-18-10-25(2)11-19-29/h8-19,30H,6-7,20-23H2,1-5H3,(H,38,41)(H,39,43)(H3,36,37,40)/t30-/m0/s1. The van der Waals surface area contributed by atoms with Crippen LogP contribution >= 0.6 is 0 Å². The van der Waals surface area contributed by atoms with Crippen LogP contribution in [0, 0.1) is 13.8 Å². The summed E-state index contributed by atoms with van der Waals surface area (Å²) in [5, 5.41) is 5.46. The molecule has 3 rings (SSSR count). The number of carbonyl (C=O) groups is 3. The van der Waals surface area contributed by atoms with E-state index in [9.17, 15) is 22.8 Å². The number of nitrogens with two attached hydrogens (primary N) is 1. The molecule has 0 spiro atoms. The molecule has 0 aliphatic rings. The Bertz CT molecular complexity index is 1670. The lowest BCUT2D eigenvalue weighted by Crippen LogP contribution is -2.44. The van der Waals surface area contributed by atoms with Gasteiger partial charge in [0.05, 0.1) is 11.3 Å². The van der Waals surface area contributed by atoms with E-state index in [0.717, 1.165) is 22.3 Å². The highest BCUT2D eigenvalue weighted by Gasteiger charge is 2.25. The number of nitrogens with zero attached hydrogens (tertiary/aromatic N) is 1. The van der Waals surface area contributed by atoms with Gasteiger partial charge in [0, 0.05) is 13.1 Å². The van der Waals surface area contributed by atoms with Crippen LogP contribution in [0.25, 0.3) is 0 Å². The molecular weight excluding hydrogens is 634 g/mol. The van der Waals surface area contributed by atoms with Crippen LogP contribution in [0.3, 0.4) is 0 Å². The van der Waals surface area contributed by atoms with Gasteiger partial charge in [-0.2, -0.15) is 0 Å². The zero-order valence-corrected chi connectivity index (χ0v) is 28.9. The number of hydrogen-bond acceptors (Lipinski definition) is 8. The van der Waals surface area contributed by atoms with E-state index >= 15 is 0 Å². The van der Waals surface area contributed by atoms with Crippen molar-refractivity contribution in [2.45, 2.75) is 83.6 Å². The van der Waals surface area contributed by atoms with Gasteiger partial charge < -0.3 is 25.8 Å². The third-order valence-corrected chi connectivity index (χ3v) is 8.23. The van der Waals surface area contributed by atoms with E-state index in [1.807, 2.05) is 38.1 Å².